The zero-order chi connectivity index (χ0) is 31.6. The molecule has 2 aromatic carbocycles. The van der Waals surface area contributed by atoms with Crippen LogP contribution in [0.1, 0.15) is 66.9 Å². The number of likely N-dealkylation sites (tertiary alicyclic amines) is 1. The number of carbonyl (C=O) groups is 2. The molecule has 5 rings (SSSR count). The van der Waals surface area contributed by atoms with Gasteiger partial charge in [-0.3, -0.25) is 9.80 Å². The molecule has 0 bridgehead atoms. The number of ether oxygens (including phenoxy) is 1. The third-order valence-electron chi connectivity index (χ3n) is 8.67. The number of piperazine rings is 1. The van der Waals surface area contributed by atoms with E-state index in [0.29, 0.717) is 64.2 Å². The standard InChI is InChI=1S/C31H36F6N4O3/c1-21(23-17-24(30(32,33)34)19-25(18-23)31(35,36)37)44-27-10-12-39(20-26(27)22-7-3-2-4-8-22)29(43)38-13-15-40(16-14-38)41-11-6-5-9-28(41)42/h2-4,7-8,17-19,21,26-27H,5-6,9-16,20H2,1H3/t21-,26+,27+/m1/s1. The Morgan fingerprint density at radius 3 is 2.07 bits per heavy atom. The van der Waals surface area contributed by atoms with Gasteiger partial charge >= 0.3 is 18.4 Å². The lowest BCUT2D eigenvalue weighted by molar-refractivity contribution is -0.155. The van der Waals surface area contributed by atoms with E-state index in [9.17, 15) is 35.9 Å². The van der Waals surface area contributed by atoms with E-state index in [1.807, 2.05) is 35.3 Å². The topological polar surface area (TPSA) is 56.3 Å². The Morgan fingerprint density at radius 2 is 1.48 bits per heavy atom. The lowest BCUT2D eigenvalue weighted by atomic mass is 9.87. The molecule has 3 fully saturated rings. The maximum Gasteiger partial charge on any atom is 0.416 e. The Kier molecular flexibility index (Phi) is 9.45. The first-order chi connectivity index (χ1) is 20.8. The molecular weight excluding hydrogens is 590 g/mol. The SMILES string of the molecule is C[C@@H](O[C@H]1CCN(C(=O)N2CCN(N3CCCCC3=O)CC2)C[C@H]1c1ccccc1)c1cc(C(F)(F)F)cc(C(F)(F)F)c1. The van der Waals surface area contributed by atoms with Crippen molar-refractivity contribution in [3.05, 3.63) is 70.8 Å². The molecule has 3 atom stereocenters. The van der Waals surface area contributed by atoms with Crippen molar-refractivity contribution in [2.75, 3.05) is 45.8 Å². The molecule has 3 aliphatic heterocycles. The number of rotatable bonds is 5. The number of amides is 3. The van der Waals surface area contributed by atoms with Crippen LogP contribution in [0.15, 0.2) is 48.5 Å². The van der Waals surface area contributed by atoms with Crippen LogP contribution in [-0.2, 0) is 21.9 Å². The van der Waals surface area contributed by atoms with E-state index in [4.69, 9.17) is 4.74 Å². The maximum atomic E-state index is 13.6. The van der Waals surface area contributed by atoms with Gasteiger partial charge in [0.1, 0.15) is 0 Å². The Morgan fingerprint density at radius 1 is 0.841 bits per heavy atom. The van der Waals surface area contributed by atoms with Gasteiger partial charge in [0.05, 0.1) is 23.3 Å². The summed E-state index contributed by atoms with van der Waals surface area (Å²) in [4.78, 5) is 29.4. The Balaban J connectivity index is 1.29. The minimum Gasteiger partial charge on any atom is -0.370 e. The van der Waals surface area contributed by atoms with Gasteiger partial charge in [0, 0.05) is 58.2 Å². The van der Waals surface area contributed by atoms with Gasteiger partial charge in [-0.2, -0.15) is 26.3 Å². The van der Waals surface area contributed by atoms with Crippen molar-refractivity contribution in [1.82, 2.24) is 19.8 Å². The molecule has 3 amide bonds. The largest absolute Gasteiger partial charge is 0.416 e. The van der Waals surface area contributed by atoms with E-state index < -0.39 is 35.7 Å². The van der Waals surface area contributed by atoms with Crippen molar-refractivity contribution in [1.29, 1.82) is 0 Å². The second-order valence-electron chi connectivity index (χ2n) is 11.6. The highest BCUT2D eigenvalue weighted by Gasteiger charge is 2.40. The van der Waals surface area contributed by atoms with Crippen LogP contribution in [0, 0.1) is 0 Å². The van der Waals surface area contributed by atoms with Crippen LogP contribution in [0.2, 0.25) is 0 Å². The number of halogens is 6. The molecule has 7 nitrogen and oxygen atoms in total. The van der Waals surface area contributed by atoms with Gasteiger partial charge in [0.25, 0.3) is 0 Å². The molecule has 0 saturated carbocycles. The molecule has 2 aromatic rings. The first-order valence-corrected chi connectivity index (χ1v) is 14.9. The highest BCUT2D eigenvalue weighted by molar-refractivity contribution is 5.76. The number of carbonyl (C=O) groups excluding carboxylic acids is 2. The van der Waals surface area contributed by atoms with Crippen LogP contribution < -0.4 is 0 Å². The molecule has 0 spiro atoms. The quantitative estimate of drug-likeness (QED) is 0.365. The van der Waals surface area contributed by atoms with E-state index in [-0.39, 0.29) is 36.0 Å². The van der Waals surface area contributed by atoms with E-state index in [2.05, 4.69) is 0 Å². The zero-order valence-corrected chi connectivity index (χ0v) is 24.4. The number of hydrogen-bond donors (Lipinski definition) is 0. The van der Waals surface area contributed by atoms with Crippen molar-refractivity contribution in [2.45, 2.75) is 63.1 Å². The number of piperidine rings is 2. The van der Waals surface area contributed by atoms with E-state index in [1.54, 1.807) is 14.8 Å². The van der Waals surface area contributed by atoms with Gasteiger partial charge in [-0.1, -0.05) is 30.3 Å². The van der Waals surface area contributed by atoms with Crippen LogP contribution in [0.3, 0.4) is 0 Å². The van der Waals surface area contributed by atoms with Crippen LogP contribution in [0.4, 0.5) is 31.1 Å². The summed E-state index contributed by atoms with van der Waals surface area (Å²) in [7, 11) is 0. The minimum atomic E-state index is -4.96. The van der Waals surface area contributed by atoms with E-state index >= 15 is 0 Å². The van der Waals surface area contributed by atoms with Crippen molar-refractivity contribution in [2.24, 2.45) is 0 Å². The summed E-state index contributed by atoms with van der Waals surface area (Å²) < 4.78 is 87.1. The molecule has 0 aromatic heterocycles. The van der Waals surface area contributed by atoms with Gasteiger partial charge in [0.15, 0.2) is 0 Å². The molecule has 13 heteroatoms. The van der Waals surface area contributed by atoms with Crippen LogP contribution in [0.5, 0.6) is 0 Å². The molecule has 0 N–H and O–H groups in total. The fraction of sp³-hybridized carbons (Fsp3) is 0.548. The smallest absolute Gasteiger partial charge is 0.370 e. The fourth-order valence-corrected chi connectivity index (χ4v) is 6.26. The molecule has 0 radical (unpaired) electrons. The molecular formula is C31H36F6N4O3. The number of urea groups is 1. The van der Waals surface area contributed by atoms with Gasteiger partial charge in [0.2, 0.25) is 5.91 Å². The molecule has 0 unspecified atom stereocenters. The first kappa shape index (κ1) is 32.1. The number of alkyl halides is 6. The summed E-state index contributed by atoms with van der Waals surface area (Å²) in [5.74, 6) is -0.241. The molecule has 240 valence electrons. The average Bonchev–Trinajstić information content (AvgIpc) is 3.00. The molecule has 0 aliphatic carbocycles. The van der Waals surface area contributed by atoms with Crippen LogP contribution >= 0.6 is 0 Å². The Hall–Kier alpha value is -3.32. The van der Waals surface area contributed by atoms with Crippen molar-refractivity contribution in [3.63, 3.8) is 0 Å². The fourth-order valence-electron chi connectivity index (χ4n) is 6.26. The summed E-state index contributed by atoms with van der Waals surface area (Å²) in [6.07, 6.45) is -8.80. The number of nitrogens with zero attached hydrogens (tertiary/aromatic N) is 4. The van der Waals surface area contributed by atoms with Gasteiger partial charge in [-0.25, -0.2) is 9.80 Å². The summed E-state index contributed by atoms with van der Waals surface area (Å²) in [5.41, 5.74) is -2.14. The van der Waals surface area contributed by atoms with Gasteiger partial charge in [-0.05, 0) is 55.5 Å². The maximum absolute atomic E-state index is 13.6. The molecule has 3 aliphatic rings. The molecule has 44 heavy (non-hydrogen) atoms. The number of benzene rings is 2. The minimum absolute atomic E-state index is 0.108. The first-order valence-electron chi connectivity index (χ1n) is 14.9. The predicted molar refractivity (Wildman–Crippen MR) is 149 cm³/mol. The summed E-state index contributed by atoms with van der Waals surface area (Å²) in [5, 5.41) is 3.81. The lowest BCUT2D eigenvalue weighted by Crippen LogP contribution is -2.60. The van der Waals surface area contributed by atoms with Crippen molar-refractivity contribution < 1.29 is 40.7 Å². The highest BCUT2D eigenvalue weighted by Crippen LogP contribution is 2.39. The third-order valence-corrected chi connectivity index (χ3v) is 8.67. The second-order valence-corrected chi connectivity index (χ2v) is 11.6. The van der Waals surface area contributed by atoms with E-state index in [0.717, 1.165) is 18.4 Å². The normalized spacial score (nSPS) is 23.2. The number of hydrogen-bond acceptors (Lipinski definition) is 4. The average molecular weight is 627 g/mol. The summed E-state index contributed by atoms with van der Waals surface area (Å²) in [6, 6.07) is 10.6. The monoisotopic (exact) mass is 626 g/mol. The van der Waals surface area contributed by atoms with Crippen molar-refractivity contribution >= 4 is 11.9 Å². The second kappa shape index (κ2) is 13.0. The van der Waals surface area contributed by atoms with Gasteiger partial charge < -0.3 is 14.5 Å². The Labute approximate surface area is 252 Å². The summed E-state index contributed by atoms with van der Waals surface area (Å²) in [6.45, 7) is 4.76. The molecule has 3 saturated heterocycles. The Bertz CT molecular complexity index is 1280. The highest BCUT2D eigenvalue weighted by atomic mass is 19.4. The molecule has 3 heterocycles. The predicted octanol–water partition coefficient (Wildman–Crippen LogP) is 6.33. The van der Waals surface area contributed by atoms with Crippen molar-refractivity contribution in [3.8, 4) is 0 Å². The van der Waals surface area contributed by atoms with Crippen LogP contribution in [0.25, 0.3) is 0 Å². The number of hydrazine groups is 1. The zero-order valence-electron chi connectivity index (χ0n) is 24.4. The lowest BCUT2D eigenvalue weighted by Gasteiger charge is -2.45. The van der Waals surface area contributed by atoms with Crippen LogP contribution in [-0.4, -0.2) is 83.7 Å². The third kappa shape index (κ3) is 7.31. The summed E-state index contributed by atoms with van der Waals surface area (Å²) >= 11 is 0. The van der Waals surface area contributed by atoms with E-state index in [1.165, 1.54) is 6.92 Å². The van der Waals surface area contributed by atoms with Gasteiger partial charge in [-0.15, -0.1) is 0 Å².